The lowest BCUT2D eigenvalue weighted by atomic mass is 9.98. The number of ether oxygens (including phenoxy) is 2. The first-order valence-electron chi connectivity index (χ1n) is 12.9. The Labute approximate surface area is 238 Å². The second kappa shape index (κ2) is 14.4. The Bertz CT molecular complexity index is 1190. The van der Waals surface area contributed by atoms with Crippen molar-refractivity contribution < 1.29 is 59.9 Å². The smallest absolute Gasteiger partial charge is 0.459 e. The summed E-state index contributed by atoms with van der Waals surface area (Å²) < 4.78 is 37.8. The molecule has 40 heavy (non-hydrogen) atoms. The van der Waals surface area contributed by atoms with Crippen molar-refractivity contribution in [2.45, 2.75) is 75.7 Å². The first-order chi connectivity index (χ1) is 18.6. The summed E-state index contributed by atoms with van der Waals surface area (Å²) in [6.45, 7) is 1.05. The lowest BCUT2D eigenvalue weighted by molar-refractivity contribution is -0.765. The summed E-state index contributed by atoms with van der Waals surface area (Å²) in [5.74, 6) is -1.02. The molecule has 0 bridgehead atoms. The van der Waals surface area contributed by atoms with Gasteiger partial charge in [0.05, 0.1) is 6.61 Å². The van der Waals surface area contributed by atoms with Crippen LogP contribution in [0.3, 0.4) is 0 Å². The third-order valence-corrected chi connectivity index (χ3v) is 8.30. The molecule has 2 aliphatic rings. The first kappa shape index (κ1) is 32.0. The van der Waals surface area contributed by atoms with E-state index in [1.807, 2.05) is 0 Å². The average Bonchev–Trinajstić information content (AvgIpc) is 3.22. The Balaban J connectivity index is 0.00000441. The largest absolute Gasteiger partial charge is 1.00 e. The molecule has 1 aliphatic carbocycles. The number of benzene rings is 1. The van der Waals surface area contributed by atoms with Crippen LogP contribution in [0.1, 0.15) is 55.6 Å². The maximum Gasteiger partial charge on any atom is 0.459 e. The summed E-state index contributed by atoms with van der Waals surface area (Å²) >= 11 is 0. The van der Waals surface area contributed by atoms with Gasteiger partial charge in [-0.15, -0.1) is 0 Å². The van der Waals surface area contributed by atoms with E-state index in [4.69, 9.17) is 24.3 Å². The van der Waals surface area contributed by atoms with E-state index in [1.165, 1.54) is 23.8 Å². The zero-order valence-electron chi connectivity index (χ0n) is 22.0. The van der Waals surface area contributed by atoms with Crippen LogP contribution in [-0.4, -0.2) is 59.2 Å². The number of hydrogen-bond acceptors (Lipinski definition) is 9. The minimum atomic E-state index is -4.21. The molecular weight excluding hydrogens is 565 g/mol. The number of nitrogens with zero attached hydrogens (tertiary/aromatic N) is 1. The minimum Gasteiger partial charge on any atom is -1.00 e. The number of esters is 1. The molecule has 6 atom stereocenters. The van der Waals surface area contributed by atoms with Gasteiger partial charge in [-0.1, -0.05) is 24.6 Å². The van der Waals surface area contributed by atoms with Gasteiger partial charge in [-0.25, -0.2) is 4.57 Å². The van der Waals surface area contributed by atoms with E-state index in [2.05, 4.69) is 5.09 Å². The van der Waals surface area contributed by atoms with E-state index in [0.29, 0.717) is 0 Å². The van der Waals surface area contributed by atoms with Crippen LogP contribution in [0.15, 0.2) is 54.9 Å². The number of pyridine rings is 1. The molecule has 1 saturated heterocycles. The molecule has 14 heteroatoms. The zero-order valence-corrected chi connectivity index (χ0v) is 23.7. The molecule has 220 valence electrons. The summed E-state index contributed by atoms with van der Waals surface area (Å²) in [6, 6.07) is 10.3. The molecule has 0 radical (unpaired) electrons. The van der Waals surface area contributed by atoms with Gasteiger partial charge in [-0.3, -0.25) is 14.1 Å². The number of para-hydroxylation sites is 1. The lowest BCUT2D eigenvalue weighted by Crippen LogP contribution is -3.00. The molecule has 1 aromatic heterocycles. The summed E-state index contributed by atoms with van der Waals surface area (Å²) in [6.07, 6.45) is 2.40. The summed E-state index contributed by atoms with van der Waals surface area (Å²) in [7, 11) is -4.21. The highest BCUT2D eigenvalue weighted by Gasteiger charge is 2.49. The van der Waals surface area contributed by atoms with E-state index in [9.17, 15) is 24.4 Å². The van der Waals surface area contributed by atoms with Crippen molar-refractivity contribution in [1.82, 2.24) is 5.09 Å². The van der Waals surface area contributed by atoms with Crippen molar-refractivity contribution in [3.05, 3.63) is 60.4 Å². The number of halogens is 1. The molecule has 4 rings (SSSR count). The van der Waals surface area contributed by atoms with Crippen LogP contribution in [0.2, 0.25) is 0 Å². The van der Waals surface area contributed by atoms with Gasteiger partial charge in [0.15, 0.2) is 18.5 Å². The van der Waals surface area contributed by atoms with Crippen LogP contribution < -0.4 is 32.3 Å². The van der Waals surface area contributed by atoms with E-state index in [0.717, 1.165) is 32.1 Å². The van der Waals surface area contributed by atoms with Gasteiger partial charge in [-0.05, 0) is 50.8 Å². The molecule has 5 N–H and O–H groups in total. The SMILES string of the molecule is C[C@H](NP(=O)(OC[C@H]1O[C@@H]([n+]2cccc(C(N)=O)c2)[C@H](O)[C@@H]1O)Oc1ccccc1)C(=O)OC1CCCCC1.[Cl-]. The molecule has 12 nitrogen and oxygen atoms in total. The summed E-state index contributed by atoms with van der Waals surface area (Å²) in [5.41, 5.74) is 5.51. The number of aliphatic hydroxyl groups is 2. The Morgan fingerprint density at radius 1 is 1.12 bits per heavy atom. The molecule has 2 fully saturated rings. The average molecular weight is 600 g/mol. The minimum absolute atomic E-state index is 0. The molecule has 0 spiro atoms. The van der Waals surface area contributed by atoms with Crippen molar-refractivity contribution in [3.63, 3.8) is 0 Å². The number of carbonyl (C=O) groups excluding carboxylic acids is 2. The fraction of sp³-hybridized carbons (Fsp3) is 0.500. The number of amides is 1. The van der Waals surface area contributed by atoms with Gasteiger partial charge in [0.2, 0.25) is 0 Å². The van der Waals surface area contributed by atoms with Crippen LogP contribution in [0.25, 0.3) is 0 Å². The maximum absolute atomic E-state index is 13.8. The van der Waals surface area contributed by atoms with Crippen molar-refractivity contribution in [2.24, 2.45) is 5.73 Å². The van der Waals surface area contributed by atoms with Crippen LogP contribution in [-0.2, 0) is 23.4 Å². The molecule has 1 unspecified atom stereocenters. The van der Waals surface area contributed by atoms with Gasteiger partial charge in [0.25, 0.3) is 12.1 Å². The van der Waals surface area contributed by atoms with Crippen LogP contribution in [0.5, 0.6) is 5.75 Å². The predicted molar refractivity (Wildman–Crippen MR) is 137 cm³/mol. The summed E-state index contributed by atoms with van der Waals surface area (Å²) in [4.78, 5) is 24.3. The zero-order chi connectivity index (χ0) is 28.0. The van der Waals surface area contributed by atoms with Gasteiger partial charge in [0, 0.05) is 6.07 Å². The third-order valence-electron chi connectivity index (χ3n) is 6.66. The van der Waals surface area contributed by atoms with E-state index in [1.54, 1.807) is 42.6 Å². The van der Waals surface area contributed by atoms with Gasteiger partial charge < -0.3 is 42.4 Å². The van der Waals surface area contributed by atoms with Gasteiger partial charge in [0.1, 0.15) is 35.7 Å². The number of hydrogen-bond donors (Lipinski definition) is 4. The van der Waals surface area contributed by atoms with E-state index < -0.39 is 56.8 Å². The number of aliphatic hydroxyl groups excluding tert-OH is 2. The number of carbonyl (C=O) groups is 2. The van der Waals surface area contributed by atoms with Gasteiger partial charge in [-0.2, -0.15) is 9.65 Å². The number of primary amides is 1. The van der Waals surface area contributed by atoms with Crippen molar-refractivity contribution >= 4 is 19.6 Å². The molecule has 2 aromatic rings. The van der Waals surface area contributed by atoms with Crippen molar-refractivity contribution in [1.29, 1.82) is 0 Å². The third kappa shape index (κ3) is 8.23. The standard InChI is InChI=1S/C26H34N3O9P.ClH/c1-17(26(33)36-19-10-4-2-5-11-19)28-39(34,38-20-12-6-3-7-13-20)35-16-21-22(30)23(31)25(37-21)29-14-8-9-18(15-29)24(27)32;/h3,6-9,12-15,17,19,21-23,25,30-31H,2,4-5,10-11,16H2,1H3,(H2-,27,28,32,34);1H/t17-,21+,22+,23+,25+,39?;/m0./s1. The first-order valence-corrected chi connectivity index (χ1v) is 14.5. The fourth-order valence-electron chi connectivity index (χ4n) is 4.53. The molecule has 1 saturated carbocycles. The topological polar surface area (TPSA) is 171 Å². The second-order valence-electron chi connectivity index (χ2n) is 9.70. The van der Waals surface area contributed by atoms with Crippen LogP contribution >= 0.6 is 7.75 Å². The Hall–Kier alpha value is -2.57. The lowest BCUT2D eigenvalue weighted by Gasteiger charge is -2.26. The highest BCUT2D eigenvalue weighted by Crippen LogP contribution is 2.46. The molecule has 1 amide bonds. The quantitative estimate of drug-likeness (QED) is 0.139. The van der Waals surface area contributed by atoms with Crippen LogP contribution in [0.4, 0.5) is 0 Å². The number of aromatic nitrogens is 1. The summed E-state index contributed by atoms with van der Waals surface area (Å²) in [5, 5.41) is 23.9. The van der Waals surface area contributed by atoms with Crippen molar-refractivity contribution in [3.8, 4) is 5.75 Å². The van der Waals surface area contributed by atoms with Crippen LogP contribution in [0, 0.1) is 0 Å². The Morgan fingerprint density at radius 3 is 2.50 bits per heavy atom. The molecular formula is C26H35ClN3O9P. The van der Waals surface area contributed by atoms with E-state index >= 15 is 0 Å². The maximum atomic E-state index is 13.8. The fourth-order valence-corrected chi connectivity index (χ4v) is 6.03. The number of nitrogens with two attached hydrogens (primary N) is 1. The highest BCUT2D eigenvalue weighted by molar-refractivity contribution is 7.52. The number of nitrogens with one attached hydrogen (secondary N) is 1. The molecule has 2 heterocycles. The highest BCUT2D eigenvalue weighted by atomic mass is 35.5. The number of rotatable bonds is 11. The van der Waals surface area contributed by atoms with Crippen molar-refractivity contribution in [2.75, 3.05) is 6.61 Å². The normalized spacial score (nSPS) is 25.3. The predicted octanol–water partition coefficient (Wildman–Crippen LogP) is -1.25. The van der Waals surface area contributed by atoms with Gasteiger partial charge >= 0.3 is 13.7 Å². The molecule has 1 aliphatic heterocycles. The second-order valence-corrected chi connectivity index (χ2v) is 11.4. The Kier molecular flexibility index (Phi) is 11.5. The monoisotopic (exact) mass is 599 g/mol. The van der Waals surface area contributed by atoms with E-state index in [-0.39, 0.29) is 29.8 Å². The molecule has 1 aromatic carbocycles. The Morgan fingerprint density at radius 2 is 1.82 bits per heavy atom.